The Morgan fingerprint density at radius 2 is 1.76 bits per heavy atom. The molecule has 1 amide bonds. The van der Waals surface area contributed by atoms with Gasteiger partial charge < -0.3 is 10.1 Å². The first-order chi connectivity index (χ1) is 10.1. The number of rotatable bonds is 4. The molecule has 108 valence electrons. The SMILES string of the molecule is COC(=O)c1ccccc1NC(=O)Cc1ccc(Cl)cc1. The Morgan fingerprint density at radius 1 is 1.10 bits per heavy atom. The molecule has 0 aliphatic rings. The molecule has 0 bridgehead atoms. The van der Waals surface area contributed by atoms with Gasteiger partial charge in [-0.25, -0.2) is 4.79 Å². The fraction of sp³-hybridized carbons (Fsp3) is 0.125. The maximum absolute atomic E-state index is 12.0. The zero-order valence-electron chi connectivity index (χ0n) is 11.4. The highest BCUT2D eigenvalue weighted by molar-refractivity contribution is 6.30. The summed E-state index contributed by atoms with van der Waals surface area (Å²) in [6.45, 7) is 0. The molecule has 0 saturated carbocycles. The molecule has 2 aromatic carbocycles. The number of ether oxygens (including phenoxy) is 1. The largest absolute Gasteiger partial charge is 0.465 e. The zero-order chi connectivity index (χ0) is 15.2. The average molecular weight is 304 g/mol. The monoisotopic (exact) mass is 303 g/mol. The number of hydrogen-bond acceptors (Lipinski definition) is 3. The summed E-state index contributed by atoms with van der Waals surface area (Å²) in [5.41, 5.74) is 1.60. The molecular formula is C16H14ClNO3. The van der Waals surface area contributed by atoms with Gasteiger partial charge in [-0.1, -0.05) is 35.9 Å². The van der Waals surface area contributed by atoms with Crippen LogP contribution in [-0.2, 0) is 16.0 Å². The number of carbonyl (C=O) groups is 2. The summed E-state index contributed by atoms with van der Waals surface area (Å²) >= 11 is 5.80. The predicted molar refractivity (Wildman–Crippen MR) is 81.6 cm³/mol. The van der Waals surface area contributed by atoms with Gasteiger partial charge >= 0.3 is 5.97 Å². The molecule has 5 heteroatoms. The summed E-state index contributed by atoms with van der Waals surface area (Å²) in [6, 6.07) is 13.7. The third-order valence-electron chi connectivity index (χ3n) is 2.88. The number of carbonyl (C=O) groups excluding carboxylic acids is 2. The number of para-hydroxylation sites is 1. The van der Waals surface area contributed by atoms with Crippen molar-refractivity contribution in [1.29, 1.82) is 0 Å². The maximum Gasteiger partial charge on any atom is 0.339 e. The van der Waals surface area contributed by atoms with Gasteiger partial charge in [0.25, 0.3) is 0 Å². The first-order valence-corrected chi connectivity index (χ1v) is 6.69. The Bertz CT molecular complexity index is 653. The van der Waals surface area contributed by atoms with E-state index in [0.29, 0.717) is 16.3 Å². The molecule has 2 aromatic rings. The van der Waals surface area contributed by atoms with Crippen LogP contribution in [0.3, 0.4) is 0 Å². The summed E-state index contributed by atoms with van der Waals surface area (Å²) < 4.78 is 4.69. The maximum atomic E-state index is 12.0. The number of benzene rings is 2. The smallest absolute Gasteiger partial charge is 0.339 e. The molecule has 2 rings (SSSR count). The third-order valence-corrected chi connectivity index (χ3v) is 3.14. The Hall–Kier alpha value is -2.33. The van der Waals surface area contributed by atoms with Crippen molar-refractivity contribution in [3.8, 4) is 0 Å². The Kier molecular flexibility index (Phi) is 4.95. The Balaban J connectivity index is 2.09. The van der Waals surface area contributed by atoms with Crippen molar-refractivity contribution in [1.82, 2.24) is 0 Å². The predicted octanol–water partition coefficient (Wildman–Crippen LogP) is 3.31. The summed E-state index contributed by atoms with van der Waals surface area (Å²) in [4.78, 5) is 23.7. The lowest BCUT2D eigenvalue weighted by molar-refractivity contribution is -0.115. The van der Waals surface area contributed by atoms with E-state index in [1.165, 1.54) is 7.11 Å². The first-order valence-electron chi connectivity index (χ1n) is 6.32. The fourth-order valence-electron chi connectivity index (χ4n) is 1.86. The van der Waals surface area contributed by atoms with Crippen LogP contribution in [-0.4, -0.2) is 19.0 Å². The second-order valence-electron chi connectivity index (χ2n) is 4.39. The van der Waals surface area contributed by atoms with Gasteiger partial charge in [-0.2, -0.15) is 0 Å². The van der Waals surface area contributed by atoms with Crippen LogP contribution in [0.15, 0.2) is 48.5 Å². The zero-order valence-corrected chi connectivity index (χ0v) is 12.2. The standard InChI is InChI=1S/C16H14ClNO3/c1-21-16(20)13-4-2-3-5-14(13)18-15(19)10-11-6-8-12(17)9-7-11/h2-9H,10H2,1H3,(H,18,19). The minimum absolute atomic E-state index is 0.201. The molecule has 0 aromatic heterocycles. The molecule has 0 radical (unpaired) electrons. The number of hydrogen-bond donors (Lipinski definition) is 1. The lowest BCUT2D eigenvalue weighted by Gasteiger charge is -2.09. The van der Waals surface area contributed by atoms with E-state index in [1.807, 2.05) is 0 Å². The van der Waals surface area contributed by atoms with E-state index >= 15 is 0 Å². The first kappa shape index (κ1) is 15.1. The highest BCUT2D eigenvalue weighted by Gasteiger charge is 2.13. The van der Waals surface area contributed by atoms with Gasteiger partial charge in [-0.15, -0.1) is 0 Å². The molecule has 0 unspecified atom stereocenters. The lowest BCUT2D eigenvalue weighted by atomic mass is 10.1. The van der Waals surface area contributed by atoms with Crippen molar-refractivity contribution in [2.75, 3.05) is 12.4 Å². The molecule has 0 fully saturated rings. The summed E-state index contributed by atoms with van der Waals surface area (Å²) in [6.07, 6.45) is 0.201. The molecular weight excluding hydrogens is 290 g/mol. The number of nitrogens with one attached hydrogen (secondary N) is 1. The van der Waals surface area contributed by atoms with Crippen LogP contribution in [0.4, 0.5) is 5.69 Å². The van der Waals surface area contributed by atoms with Crippen LogP contribution in [0.5, 0.6) is 0 Å². The number of anilines is 1. The van der Waals surface area contributed by atoms with Gasteiger partial charge in [0.15, 0.2) is 0 Å². The van der Waals surface area contributed by atoms with E-state index in [1.54, 1.807) is 48.5 Å². The van der Waals surface area contributed by atoms with Crippen molar-refractivity contribution < 1.29 is 14.3 Å². The minimum atomic E-state index is -0.489. The molecule has 0 spiro atoms. The Morgan fingerprint density at radius 3 is 2.43 bits per heavy atom. The molecule has 0 aliphatic heterocycles. The van der Waals surface area contributed by atoms with E-state index in [9.17, 15) is 9.59 Å². The van der Waals surface area contributed by atoms with Gasteiger partial charge in [0.05, 0.1) is 24.8 Å². The summed E-state index contributed by atoms with van der Waals surface area (Å²) in [5.74, 6) is -0.703. The van der Waals surface area contributed by atoms with Gasteiger partial charge in [0.2, 0.25) is 5.91 Å². The normalized spacial score (nSPS) is 10.0. The van der Waals surface area contributed by atoms with E-state index in [2.05, 4.69) is 10.1 Å². The number of amides is 1. The average Bonchev–Trinajstić information content (AvgIpc) is 2.49. The van der Waals surface area contributed by atoms with Gasteiger partial charge in [0, 0.05) is 5.02 Å². The highest BCUT2D eigenvalue weighted by Crippen LogP contribution is 2.17. The highest BCUT2D eigenvalue weighted by atomic mass is 35.5. The second kappa shape index (κ2) is 6.90. The van der Waals surface area contributed by atoms with Crippen molar-refractivity contribution in [3.05, 3.63) is 64.7 Å². The van der Waals surface area contributed by atoms with Crippen LogP contribution >= 0.6 is 11.6 Å². The van der Waals surface area contributed by atoms with Crippen molar-refractivity contribution in [2.45, 2.75) is 6.42 Å². The van der Waals surface area contributed by atoms with Gasteiger partial charge in [-0.05, 0) is 29.8 Å². The molecule has 4 nitrogen and oxygen atoms in total. The number of esters is 1. The molecule has 0 saturated heterocycles. The molecule has 0 heterocycles. The van der Waals surface area contributed by atoms with Crippen LogP contribution in [0.2, 0.25) is 5.02 Å². The summed E-state index contributed by atoms with van der Waals surface area (Å²) in [5, 5.41) is 3.34. The molecule has 21 heavy (non-hydrogen) atoms. The van der Waals surface area contributed by atoms with Crippen LogP contribution in [0, 0.1) is 0 Å². The van der Waals surface area contributed by atoms with Gasteiger partial charge in [0.1, 0.15) is 0 Å². The van der Waals surface area contributed by atoms with Crippen molar-refractivity contribution in [2.24, 2.45) is 0 Å². The van der Waals surface area contributed by atoms with E-state index in [4.69, 9.17) is 11.6 Å². The Labute approximate surface area is 127 Å². The van der Waals surface area contributed by atoms with Crippen LogP contribution in [0.25, 0.3) is 0 Å². The molecule has 1 N–H and O–H groups in total. The van der Waals surface area contributed by atoms with E-state index in [-0.39, 0.29) is 12.3 Å². The van der Waals surface area contributed by atoms with Crippen LogP contribution in [0.1, 0.15) is 15.9 Å². The van der Waals surface area contributed by atoms with E-state index in [0.717, 1.165) is 5.56 Å². The number of halogens is 1. The fourth-order valence-corrected chi connectivity index (χ4v) is 1.99. The van der Waals surface area contributed by atoms with Crippen LogP contribution < -0.4 is 5.32 Å². The van der Waals surface area contributed by atoms with E-state index < -0.39 is 5.97 Å². The van der Waals surface area contributed by atoms with Gasteiger partial charge in [-0.3, -0.25) is 4.79 Å². The molecule has 0 aliphatic carbocycles. The quantitative estimate of drug-likeness (QED) is 0.882. The minimum Gasteiger partial charge on any atom is -0.465 e. The lowest BCUT2D eigenvalue weighted by Crippen LogP contribution is -2.17. The topological polar surface area (TPSA) is 55.4 Å². The third kappa shape index (κ3) is 4.07. The number of methoxy groups -OCH3 is 1. The van der Waals surface area contributed by atoms with Crippen molar-refractivity contribution in [3.63, 3.8) is 0 Å². The second-order valence-corrected chi connectivity index (χ2v) is 4.83. The molecule has 0 atom stereocenters. The summed E-state index contributed by atoms with van der Waals surface area (Å²) in [7, 11) is 1.30. The van der Waals surface area contributed by atoms with Crippen molar-refractivity contribution >= 4 is 29.2 Å².